The van der Waals surface area contributed by atoms with E-state index in [4.69, 9.17) is 12.2 Å². The van der Waals surface area contributed by atoms with E-state index in [9.17, 15) is 14.9 Å². The summed E-state index contributed by atoms with van der Waals surface area (Å²) in [7, 11) is 2.09. The molecule has 2 aliphatic heterocycles. The second-order valence-corrected chi connectivity index (χ2v) is 10.8. The van der Waals surface area contributed by atoms with E-state index in [0.717, 1.165) is 50.4 Å². The number of hydrogen-bond donors (Lipinski definition) is 0. The van der Waals surface area contributed by atoms with Crippen LogP contribution in [0.2, 0.25) is 0 Å². The van der Waals surface area contributed by atoms with Crippen molar-refractivity contribution in [2.45, 2.75) is 47.1 Å². The van der Waals surface area contributed by atoms with Gasteiger partial charge in [-0.05, 0) is 37.9 Å². The predicted molar refractivity (Wildman–Crippen MR) is 139 cm³/mol. The molecule has 0 bridgehead atoms. The molecule has 2 saturated heterocycles. The van der Waals surface area contributed by atoms with Crippen molar-refractivity contribution in [3.8, 4) is 6.07 Å². The molecule has 1 aromatic heterocycles. The molecule has 0 aliphatic carbocycles. The highest BCUT2D eigenvalue weighted by Gasteiger charge is 2.33. The number of rotatable bonds is 7. The van der Waals surface area contributed by atoms with Gasteiger partial charge in [0.2, 0.25) is 0 Å². The number of thioether (sulfide) groups is 1. The van der Waals surface area contributed by atoms with E-state index in [0.29, 0.717) is 33.8 Å². The average Bonchev–Trinajstić information content (AvgIpc) is 3.03. The lowest BCUT2D eigenvalue weighted by Crippen LogP contribution is -2.47. The maximum Gasteiger partial charge on any atom is 0.270 e. The highest BCUT2D eigenvalue weighted by molar-refractivity contribution is 8.26. The predicted octanol–water partition coefficient (Wildman–Crippen LogP) is 3.44. The summed E-state index contributed by atoms with van der Waals surface area (Å²) >= 11 is 6.79. The number of likely N-dealkylation sites (N-methyl/N-ethyl adjacent to an activating group) is 1. The van der Waals surface area contributed by atoms with E-state index < -0.39 is 0 Å². The normalized spacial score (nSPS) is 18.6. The Balaban J connectivity index is 2.20. The van der Waals surface area contributed by atoms with Crippen molar-refractivity contribution in [3.05, 3.63) is 31.9 Å². The number of hydrogen-bond acceptors (Lipinski definition) is 7. The summed E-state index contributed by atoms with van der Waals surface area (Å²) in [5.74, 6) is 1.01. The monoisotopic (exact) mass is 487 g/mol. The van der Waals surface area contributed by atoms with Crippen LogP contribution in [0, 0.1) is 24.2 Å². The van der Waals surface area contributed by atoms with Crippen molar-refractivity contribution in [3.63, 3.8) is 0 Å². The number of thiocarbonyl (C=S) groups is 1. The Morgan fingerprint density at radius 2 is 1.88 bits per heavy atom. The molecule has 0 saturated carbocycles. The Morgan fingerprint density at radius 1 is 1.21 bits per heavy atom. The number of carbonyl (C=O) groups excluding carboxylic acids is 1. The van der Waals surface area contributed by atoms with Gasteiger partial charge in [0.05, 0.1) is 4.91 Å². The van der Waals surface area contributed by atoms with Crippen molar-refractivity contribution >= 4 is 46.1 Å². The summed E-state index contributed by atoms with van der Waals surface area (Å²) in [6.07, 6.45) is 3.63. The first-order valence-electron chi connectivity index (χ1n) is 11.6. The van der Waals surface area contributed by atoms with Crippen LogP contribution in [0.1, 0.15) is 50.3 Å². The number of nitriles is 1. The maximum atomic E-state index is 13.3. The molecule has 9 heteroatoms. The molecule has 0 unspecified atom stereocenters. The number of nitrogens with zero attached hydrogens (tertiary/aromatic N) is 5. The first-order chi connectivity index (χ1) is 15.7. The minimum absolute atomic E-state index is 0.104. The number of anilines is 1. The smallest absolute Gasteiger partial charge is 0.270 e. The second kappa shape index (κ2) is 10.9. The first kappa shape index (κ1) is 25.5. The molecular weight excluding hydrogens is 454 g/mol. The van der Waals surface area contributed by atoms with Gasteiger partial charge in [0, 0.05) is 44.8 Å². The molecule has 3 heterocycles. The number of unbranched alkanes of at least 4 members (excludes halogenated alkanes) is 1. The van der Waals surface area contributed by atoms with Gasteiger partial charge in [0.25, 0.3) is 11.5 Å². The Hall–Kier alpha value is -2.15. The molecule has 2 fully saturated rings. The molecule has 7 nitrogen and oxygen atoms in total. The summed E-state index contributed by atoms with van der Waals surface area (Å²) in [5, 5.41) is 9.80. The minimum atomic E-state index is -0.248. The molecule has 178 valence electrons. The van der Waals surface area contributed by atoms with Gasteiger partial charge in [-0.15, -0.1) is 0 Å². The average molecular weight is 488 g/mol. The van der Waals surface area contributed by atoms with Crippen molar-refractivity contribution in [2.24, 2.45) is 5.92 Å². The highest BCUT2D eigenvalue weighted by atomic mass is 32.2. The van der Waals surface area contributed by atoms with Crippen LogP contribution in [-0.2, 0) is 11.3 Å². The SMILES string of the molecule is CCCCn1c(N2CCN(C)CC2)c(C=C2SC(=S)N(CC(C)C)C2=O)c(C)c(C#N)c1=O. The summed E-state index contributed by atoms with van der Waals surface area (Å²) in [6.45, 7) is 12.5. The first-order valence-corrected chi connectivity index (χ1v) is 12.8. The van der Waals surface area contributed by atoms with Crippen LogP contribution in [0.4, 0.5) is 5.82 Å². The lowest BCUT2D eigenvalue weighted by Gasteiger charge is -2.36. The van der Waals surface area contributed by atoms with Crippen LogP contribution in [0.3, 0.4) is 0 Å². The number of carbonyl (C=O) groups is 1. The zero-order chi connectivity index (χ0) is 24.3. The van der Waals surface area contributed by atoms with Crippen LogP contribution in [-0.4, -0.2) is 64.4 Å². The molecular formula is C24H33N5O2S2. The third-order valence-electron chi connectivity index (χ3n) is 6.08. The molecule has 0 N–H and O–H groups in total. The molecule has 0 atom stereocenters. The summed E-state index contributed by atoms with van der Waals surface area (Å²) in [6, 6.07) is 2.12. The van der Waals surface area contributed by atoms with Gasteiger partial charge in [-0.1, -0.05) is 51.2 Å². The zero-order valence-corrected chi connectivity index (χ0v) is 21.8. The van der Waals surface area contributed by atoms with Gasteiger partial charge in [-0.2, -0.15) is 5.26 Å². The van der Waals surface area contributed by atoms with Crippen LogP contribution in [0.5, 0.6) is 0 Å². The van der Waals surface area contributed by atoms with E-state index >= 15 is 0 Å². The van der Waals surface area contributed by atoms with E-state index in [1.165, 1.54) is 11.8 Å². The minimum Gasteiger partial charge on any atom is -0.355 e. The standard InChI is InChI=1S/C24H33N5O2S2/c1-6-7-8-28-21(27-11-9-26(5)10-12-27)18(17(4)19(14-25)22(28)30)13-20-23(31)29(15-16(2)3)24(32)33-20/h13,16H,6-12,15H2,1-5H3. The quantitative estimate of drug-likeness (QED) is 0.431. The topological polar surface area (TPSA) is 72.6 Å². The fraction of sp³-hybridized carbons (Fsp3) is 0.583. The van der Waals surface area contributed by atoms with Gasteiger partial charge in [0.15, 0.2) is 0 Å². The summed E-state index contributed by atoms with van der Waals surface area (Å²) in [4.78, 5) is 33.2. The highest BCUT2D eigenvalue weighted by Crippen LogP contribution is 2.36. The van der Waals surface area contributed by atoms with Crippen molar-refractivity contribution in [1.82, 2.24) is 14.4 Å². The zero-order valence-electron chi connectivity index (χ0n) is 20.2. The lowest BCUT2D eigenvalue weighted by molar-refractivity contribution is -0.122. The van der Waals surface area contributed by atoms with Gasteiger partial charge in [-0.3, -0.25) is 19.1 Å². The van der Waals surface area contributed by atoms with Crippen molar-refractivity contribution in [2.75, 3.05) is 44.7 Å². The maximum absolute atomic E-state index is 13.3. The van der Waals surface area contributed by atoms with E-state index in [2.05, 4.69) is 43.7 Å². The molecule has 1 aromatic rings. The lowest BCUT2D eigenvalue weighted by atomic mass is 10.0. The van der Waals surface area contributed by atoms with E-state index in [-0.39, 0.29) is 17.0 Å². The molecule has 0 aromatic carbocycles. The number of piperazine rings is 1. The van der Waals surface area contributed by atoms with Gasteiger partial charge in [-0.25, -0.2) is 0 Å². The third-order valence-corrected chi connectivity index (χ3v) is 7.46. The van der Waals surface area contributed by atoms with Crippen molar-refractivity contribution in [1.29, 1.82) is 5.26 Å². The van der Waals surface area contributed by atoms with Gasteiger partial charge < -0.3 is 9.80 Å². The van der Waals surface area contributed by atoms with Gasteiger partial charge in [0.1, 0.15) is 21.8 Å². The van der Waals surface area contributed by atoms with Gasteiger partial charge >= 0.3 is 0 Å². The molecule has 3 rings (SSSR count). The van der Waals surface area contributed by atoms with Crippen LogP contribution < -0.4 is 10.5 Å². The number of aromatic nitrogens is 1. The summed E-state index contributed by atoms with van der Waals surface area (Å²) in [5.41, 5.74) is 1.30. The van der Waals surface area contributed by atoms with Crippen LogP contribution in [0.25, 0.3) is 6.08 Å². The third kappa shape index (κ3) is 5.34. The Kier molecular flexibility index (Phi) is 8.38. The summed E-state index contributed by atoms with van der Waals surface area (Å²) < 4.78 is 2.31. The molecule has 2 aliphatic rings. The molecule has 1 amide bonds. The van der Waals surface area contributed by atoms with Crippen molar-refractivity contribution < 1.29 is 4.79 Å². The Bertz CT molecular complexity index is 1060. The fourth-order valence-corrected chi connectivity index (χ4v) is 5.44. The van der Waals surface area contributed by atoms with Crippen LogP contribution >= 0.6 is 24.0 Å². The largest absolute Gasteiger partial charge is 0.355 e. The Morgan fingerprint density at radius 3 is 2.45 bits per heavy atom. The van der Waals surface area contributed by atoms with Crippen LogP contribution in [0.15, 0.2) is 9.70 Å². The van der Waals surface area contributed by atoms with E-state index in [1.54, 1.807) is 9.47 Å². The number of amides is 1. The Labute approximate surface area is 206 Å². The molecule has 33 heavy (non-hydrogen) atoms. The molecule has 0 spiro atoms. The fourth-order valence-electron chi connectivity index (χ4n) is 4.18. The number of pyridine rings is 1. The molecule has 0 radical (unpaired) electrons. The van der Waals surface area contributed by atoms with E-state index in [1.807, 2.05) is 13.0 Å². The second-order valence-electron chi connectivity index (χ2n) is 9.14.